The fourth-order valence-corrected chi connectivity index (χ4v) is 2.96. The summed E-state index contributed by atoms with van der Waals surface area (Å²) in [4.78, 5) is 0. The second-order valence-electron chi connectivity index (χ2n) is 4.34. The van der Waals surface area contributed by atoms with E-state index in [2.05, 4.69) is 66.7 Å². The Labute approximate surface area is 104 Å². The molecular weight excluding hydrogens is 220 g/mol. The standard InChI is InChI=1S/C16H14Si/c17-16-11-4-3-9-15(16)14-10-5-7-12-6-1-2-8-13(12)14/h1-11H,17H3. The van der Waals surface area contributed by atoms with E-state index >= 15 is 0 Å². The molecule has 0 aromatic heterocycles. The van der Waals surface area contributed by atoms with E-state index < -0.39 is 0 Å². The van der Waals surface area contributed by atoms with Gasteiger partial charge in [-0.2, -0.15) is 0 Å². The molecule has 17 heavy (non-hydrogen) atoms. The zero-order valence-corrected chi connectivity index (χ0v) is 11.9. The fraction of sp³-hybridized carbons (Fsp3) is 0. The molecule has 3 aromatic carbocycles. The Morgan fingerprint density at radius 3 is 2.12 bits per heavy atom. The normalized spacial score (nSPS) is 10.8. The van der Waals surface area contributed by atoms with Crippen LogP contribution in [0.2, 0.25) is 0 Å². The molecule has 3 aromatic rings. The molecule has 0 saturated carbocycles. The largest absolute Gasteiger partial charge is 0.0634 e. The number of fused-ring (bicyclic) bond motifs is 1. The molecule has 0 atom stereocenters. The Hall–Kier alpha value is -1.86. The topological polar surface area (TPSA) is 0 Å². The van der Waals surface area contributed by atoms with Gasteiger partial charge in [0.25, 0.3) is 0 Å². The lowest BCUT2D eigenvalue weighted by molar-refractivity contribution is 1.68. The van der Waals surface area contributed by atoms with Crippen molar-refractivity contribution < 1.29 is 0 Å². The molecule has 0 unspecified atom stereocenters. The van der Waals surface area contributed by atoms with E-state index in [4.69, 9.17) is 0 Å². The summed E-state index contributed by atoms with van der Waals surface area (Å²) in [6, 6.07) is 23.8. The number of hydrogen-bond acceptors (Lipinski definition) is 0. The Morgan fingerprint density at radius 2 is 1.24 bits per heavy atom. The van der Waals surface area contributed by atoms with Crippen LogP contribution in [0.1, 0.15) is 0 Å². The quantitative estimate of drug-likeness (QED) is 0.568. The molecule has 0 radical (unpaired) electrons. The molecule has 0 aliphatic rings. The second kappa shape index (κ2) is 4.19. The van der Waals surface area contributed by atoms with E-state index in [-0.39, 0.29) is 0 Å². The van der Waals surface area contributed by atoms with Crippen LogP contribution in [-0.4, -0.2) is 10.2 Å². The van der Waals surface area contributed by atoms with Gasteiger partial charge in [-0.05, 0) is 21.9 Å². The van der Waals surface area contributed by atoms with E-state index in [0.717, 1.165) is 10.2 Å². The molecule has 0 amide bonds. The summed E-state index contributed by atoms with van der Waals surface area (Å²) >= 11 is 0. The number of hydrogen-bond donors (Lipinski definition) is 0. The lowest BCUT2D eigenvalue weighted by atomic mass is 9.98. The highest BCUT2D eigenvalue weighted by atomic mass is 28.1. The summed E-state index contributed by atoms with van der Waals surface area (Å²) in [6.07, 6.45) is 0. The van der Waals surface area contributed by atoms with Crippen LogP contribution in [0.25, 0.3) is 21.9 Å². The molecule has 0 spiro atoms. The summed E-state index contributed by atoms with van der Waals surface area (Å²) in [5, 5.41) is 4.12. The molecule has 0 nitrogen and oxygen atoms in total. The molecule has 0 heterocycles. The second-order valence-corrected chi connectivity index (χ2v) is 5.42. The maximum Gasteiger partial charge on any atom is 0.0393 e. The van der Waals surface area contributed by atoms with Crippen molar-refractivity contribution in [3.8, 4) is 11.1 Å². The zero-order valence-electron chi connectivity index (χ0n) is 9.85. The maximum absolute atomic E-state index is 2.23. The van der Waals surface area contributed by atoms with E-state index in [1.165, 1.54) is 27.1 Å². The first-order valence-electron chi connectivity index (χ1n) is 5.90. The molecule has 3 rings (SSSR count). The van der Waals surface area contributed by atoms with Gasteiger partial charge in [0.15, 0.2) is 0 Å². The van der Waals surface area contributed by atoms with Crippen molar-refractivity contribution in [1.82, 2.24) is 0 Å². The first-order chi connectivity index (χ1) is 8.36. The molecule has 0 N–H and O–H groups in total. The van der Waals surface area contributed by atoms with Crippen LogP contribution >= 0.6 is 0 Å². The highest BCUT2D eigenvalue weighted by Crippen LogP contribution is 2.26. The van der Waals surface area contributed by atoms with Crippen LogP contribution in [0.15, 0.2) is 66.7 Å². The minimum Gasteiger partial charge on any atom is -0.0634 e. The van der Waals surface area contributed by atoms with Crippen molar-refractivity contribution in [1.29, 1.82) is 0 Å². The van der Waals surface area contributed by atoms with Gasteiger partial charge in [-0.15, -0.1) is 0 Å². The summed E-state index contributed by atoms with van der Waals surface area (Å²) in [7, 11) is 1.09. The molecule has 0 aliphatic carbocycles. The van der Waals surface area contributed by atoms with Crippen molar-refractivity contribution in [3.63, 3.8) is 0 Å². The predicted molar refractivity (Wildman–Crippen MR) is 79.0 cm³/mol. The summed E-state index contributed by atoms with van der Waals surface area (Å²) in [5.41, 5.74) is 2.74. The Balaban J connectivity index is 2.35. The van der Waals surface area contributed by atoms with Gasteiger partial charge in [-0.25, -0.2) is 0 Å². The van der Waals surface area contributed by atoms with E-state index in [1.54, 1.807) is 0 Å². The molecule has 1 heteroatoms. The Morgan fingerprint density at radius 1 is 0.588 bits per heavy atom. The third-order valence-corrected chi connectivity index (χ3v) is 4.10. The van der Waals surface area contributed by atoms with Crippen LogP contribution < -0.4 is 5.19 Å². The minimum atomic E-state index is 1.09. The van der Waals surface area contributed by atoms with Gasteiger partial charge >= 0.3 is 0 Å². The van der Waals surface area contributed by atoms with Crippen LogP contribution in [0.3, 0.4) is 0 Å². The summed E-state index contributed by atoms with van der Waals surface area (Å²) in [6.45, 7) is 0. The molecule has 0 fully saturated rings. The van der Waals surface area contributed by atoms with E-state index in [9.17, 15) is 0 Å². The SMILES string of the molecule is [SiH3]c1ccccc1-c1cccc2ccccc12. The highest BCUT2D eigenvalue weighted by molar-refractivity contribution is 6.36. The van der Waals surface area contributed by atoms with Gasteiger partial charge in [0.2, 0.25) is 0 Å². The smallest absolute Gasteiger partial charge is 0.0393 e. The van der Waals surface area contributed by atoms with E-state index in [0.29, 0.717) is 0 Å². The van der Waals surface area contributed by atoms with Crippen molar-refractivity contribution in [2.45, 2.75) is 0 Å². The predicted octanol–water partition coefficient (Wildman–Crippen LogP) is 2.50. The highest BCUT2D eigenvalue weighted by Gasteiger charge is 2.04. The zero-order chi connectivity index (χ0) is 11.7. The van der Waals surface area contributed by atoms with Gasteiger partial charge in [0, 0.05) is 10.2 Å². The van der Waals surface area contributed by atoms with Gasteiger partial charge < -0.3 is 0 Å². The van der Waals surface area contributed by atoms with Crippen molar-refractivity contribution in [3.05, 3.63) is 66.7 Å². The van der Waals surface area contributed by atoms with Crippen molar-refractivity contribution in [2.75, 3.05) is 0 Å². The average Bonchev–Trinajstić information content (AvgIpc) is 2.39. The van der Waals surface area contributed by atoms with Gasteiger partial charge in [-0.1, -0.05) is 71.9 Å². The summed E-state index contributed by atoms with van der Waals surface area (Å²) < 4.78 is 0. The fourth-order valence-electron chi connectivity index (χ4n) is 2.34. The third-order valence-electron chi connectivity index (χ3n) is 3.22. The summed E-state index contributed by atoms with van der Waals surface area (Å²) in [5.74, 6) is 0. The lowest BCUT2D eigenvalue weighted by Crippen LogP contribution is -2.05. The molecule has 0 aliphatic heterocycles. The van der Waals surface area contributed by atoms with Crippen LogP contribution in [0.4, 0.5) is 0 Å². The van der Waals surface area contributed by atoms with E-state index in [1.807, 2.05) is 0 Å². The van der Waals surface area contributed by atoms with Crippen LogP contribution in [0.5, 0.6) is 0 Å². The number of rotatable bonds is 1. The molecule has 0 saturated heterocycles. The monoisotopic (exact) mass is 234 g/mol. The minimum absolute atomic E-state index is 1.09. The van der Waals surface area contributed by atoms with Crippen molar-refractivity contribution >= 4 is 26.2 Å². The molecule has 0 bridgehead atoms. The average molecular weight is 234 g/mol. The van der Waals surface area contributed by atoms with Crippen molar-refractivity contribution in [2.24, 2.45) is 0 Å². The first-order valence-corrected chi connectivity index (χ1v) is 6.90. The lowest BCUT2D eigenvalue weighted by Gasteiger charge is -2.09. The van der Waals surface area contributed by atoms with Gasteiger partial charge in [-0.3, -0.25) is 0 Å². The Kier molecular flexibility index (Phi) is 2.54. The Bertz CT molecular complexity index is 666. The van der Waals surface area contributed by atoms with Crippen LogP contribution in [0, 0.1) is 0 Å². The first kappa shape index (κ1) is 10.3. The van der Waals surface area contributed by atoms with Gasteiger partial charge in [0.1, 0.15) is 0 Å². The van der Waals surface area contributed by atoms with Gasteiger partial charge in [0.05, 0.1) is 0 Å². The molecular formula is C16H14Si. The number of benzene rings is 3. The maximum atomic E-state index is 2.23. The molecule has 82 valence electrons. The van der Waals surface area contributed by atoms with Crippen LogP contribution in [-0.2, 0) is 0 Å². The third kappa shape index (κ3) is 1.79.